The molecule has 1 aliphatic rings. The molecule has 1 heterocycles. The average Bonchev–Trinajstić information content (AvgIpc) is 2.37. The van der Waals surface area contributed by atoms with Crippen molar-refractivity contribution in [2.24, 2.45) is 5.92 Å². The summed E-state index contributed by atoms with van der Waals surface area (Å²) in [5.41, 5.74) is -0.301. The second kappa shape index (κ2) is 6.20. The zero-order chi connectivity index (χ0) is 14.8. The topological polar surface area (TPSA) is 43.7 Å². The summed E-state index contributed by atoms with van der Waals surface area (Å²) < 4.78 is 13.7. The summed E-state index contributed by atoms with van der Waals surface area (Å²) >= 11 is 0. The van der Waals surface area contributed by atoms with Crippen molar-refractivity contribution in [1.29, 1.82) is 0 Å². The summed E-state index contributed by atoms with van der Waals surface area (Å²) in [7, 11) is 0. The number of hydrogen-bond donors (Lipinski definition) is 2. The number of likely N-dealkylation sites (tertiary alicyclic amines) is 1. The van der Waals surface area contributed by atoms with Gasteiger partial charge in [-0.05, 0) is 38.3 Å². The maximum atomic E-state index is 13.7. The monoisotopic (exact) mass is 281 g/mol. The molecule has 0 radical (unpaired) electrons. The van der Waals surface area contributed by atoms with Crippen LogP contribution < -0.4 is 0 Å². The normalized spacial score (nSPS) is 27.2. The zero-order valence-corrected chi connectivity index (χ0v) is 12.2. The van der Waals surface area contributed by atoms with Crippen LogP contribution in [0.15, 0.2) is 24.3 Å². The lowest BCUT2D eigenvalue weighted by Gasteiger charge is -2.38. The molecule has 1 aromatic rings. The van der Waals surface area contributed by atoms with Crippen molar-refractivity contribution in [2.45, 2.75) is 38.4 Å². The molecule has 2 N–H and O–H groups in total. The summed E-state index contributed by atoms with van der Waals surface area (Å²) in [4.78, 5) is 2.15. The SMILES string of the molecule is CC(CN1CCCC(C)(O)C1)C(O)c1ccccc1F. The van der Waals surface area contributed by atoms with Gasteiger partial charge in [0.1, 0.15) is 5.82 Å². The van der Waals surface area contributed by atoms with E-state index in [0.717, 1.165) is 19.4 Å². The third kappa shape index (κ3) is 3.78. The number of piperidine rings is 1. The molecule has 1 aromatic carbocycles. The maximum Gasteiger partial charge on any atom is 0.129 e. The van der Waals surface area contributed by atoms with Gasteiger partial charge in [-0.3, -0.25) is 0 Å². The van der Waals surface area contributed by atoms with Crippen LogP contribution in [0.1, 0.15) is 38.4 Å². The van der Waals surface area contributed by atoms with E-state index in [9.17, 15) is 14.6 Å². The molecule has 112 valence electrons. The van der Waals surface area contributed by atoms with Gasteiger partial charge in [-0.15, -0.1) is 0 Å². The summed E-state index contributed by atoms with van der Waals surface area (Å²) in [6.07, 6.45) is 0.951. The van der Waals surface area contributed by atoms with Gasteiger partial charge in [0.25, 0.3) is 0 Å². The Kier molecular flexibility index (Phi) is 4.78. The van der Waals surface area contributed by atoms with E-state index in [1.165, 1.54) is 6.07 Å². The van der Waals surface area contributed by atoms with E-state index < -0.39 is 11.7 Å². The summed E-state index contributed by atoms with van der Waals surface area (Å²) in [5, 5.41) is 20.4. The van der Waals surface area contributed by atoms with Crippen LogP contribution in [0.3, 0.4) is 0 Å². The molecule has 1 saturated heterocycles. The molecular formula is C16H24FNO2. The van der Waals surface area contributed by atoms with Crippen LogP contribution in [0.5, 0.6) is 0 Å². The van der Waals surface area contributed by atoms with Crippen molar-refractivity contribution in [2.75, 3.05) is 19.6 Å². The molecule has 0 amide bonds. The van der Waals surface area contributed by atoms with Gasteiger partial charge in [-0.25, -0.2) is 4.39 Å². The highest BCUT2D eigenvalue weighted by molar-refractivity contribution is 5.20. The van der Waals surface area contributed by atoms with Gasteiger partial charge in [-0.2, -0.15) is 0 Å². The van der Waals surface area contributed by atoms with Crippen LogP contribution in [-0.4, -0.2) is 40.3 Å². The van der Waals surface area contributed by atoms with E-state index in [2.05, 4.69) is 4.90 Å². The minimum Gasteiger partial charge on any atom is -0.389 e. The average molecular weight is 281 g/mol. The minimum atomic E-state index is -0.817. The first kappa shape index (κ1) is 15.4. The fourth-order valence-corrected chi connectivity index (χ4v) is 3.01. The lowest BCUT2D eigenvalue weighted by Crippen LogP contribution is -2.47. The van der Waals surface area contributed by atoms with Crippen LogP contribution in [-0.2, 0) is 0 Å². The Bertz CT molecular complexity index is 450. The highest BCUT2D eigenvalue weighted by Gasteiger charge is 2.30. The van der Waals surface area contributed by atoms with Crippen molar-refractivity contribution in [3.05, 3.63) is 35.6 Å². The number of aliphatic hydroxyl groups is 2. The second-order valence-electron chi connectivity index (χ2n) is 6.28. The molecular weight excluding hydrogens is 257 g/mol. The number of benzene rings is 1. The first-order valence-electron chi connectivity index (χ1n) is 7.26. The highest BCUT2D eigenvalue weighted by Crippen LogP contribution is 2.27. The first-order chi connectivity index (χ1) is 9.39. The molecule has 1 aliphatic heterocycles. The van der Waals surface area contributed by atoms with Gasteiger partial charge in [0.15, 0.2) is 0 Å². The number of halogens is 1. The Morgan fingerprint density at radius 2 is 2.10 bits per heavy atom. The van der Waals surface area contributed by atoms with Gasteiger partial charge in [0.05, 0.1) is 11.7 Å². The lowest BCUT2D eigenvalue weighted by atomic mass is 9.92. The van der Waals surface area contributed by atoms with Crippen molar-refractivity contribution in [3.63, 3.8) is 0 Å². The Hall–Kier alpha value is -0.970. The first-order valence-corrected chi connectivity index (χ1v) is 7.26. The molecule has 3 nitrogen and oxygen atoms in total. The van der Waals surface area contributed by atoms with Crippen LogP contribution in [0.4, 0.5) is 4.39 Å². The third-order valence-electron chi connectivity index (χ3n) is 4.06. The van der Waals surface area contributed by atoms with E-state index in [1.54, 1.807) is 18.2 Å². The van der Waals surface area contributed by atoms with Gasteiger partial charge in [-0.1, -0.05) is 25.1 Å². The van der Waals surface area contributed by atoms with Crippen molar-refractivity contribution < 1.29 is 14.6 Å². The molecule has 20 heavy (non-hydrogen) atoms. The van der Waals surface area contributed by atoms with Crippen molar-refractivity contribution in [1.82, 2.24) is 4.90 Å². The fourth-order valence-electron chi connectivity index (χ4n) is 3.01. The molecule has 3 atom stereocenters. The van der Waals surface area contributed by atoms with Crippen molar-refractivity contribution in [3.8, 4) is 0 Å². The number of nitrogens with zero attached hydrogens (tertiary/aromatic N) is 1. The van der Waals surface area contributed by atoms with Crippen molar-refractivity contribution >= 4 is 0 Å². The fraction of sp³-hybridized carbons (Fsp3) is 0.625. The molecule has 0 saturated carbocycles. The largest absolute Gasteiger partial charge is 0.389 e. The summed E-state index contributed by atoms with van der Waals surface area (Å²) in [6, 6.07) is 6.36. The molecule has 0 bridgehead atoms. The molecule has 0 aromatic heterocycles. The number of hydrogen-bond acceptors (Lipinski definition) is 3. The Labute approximate surface area is 120 Å². The Morgan fingerprint density at radius 1 is 1.40 bits per heavy atom. The van der Waals surface area contributed by atoms with Gasteiger partial charge in [0.2, 0.25) is 0 Å². The molecule has 4 heteroatoms. The van der Waals surface area contributed by atoms with E-state index in [1.807, 2.05) is 13.8 Å². The predicted molar refractivity (Wildman–Crippen MR) is 76.8 cm³/mol. The quantitative estimate of drug-likeness (QED) is 0.890. The standard InChI is InChI=1S/C16H24FNO2/c1-12(10-18-9-5-8-16(2,20)11-18)15(19)13-6-3-4-7-14(13)17/h3-4,6-7,12,15,19-20H,5,8-11H2,1-2H3. The maximum absolute atomic E-state index is 13.7. The van der Waals surface area contributed by atoms with E-state index in [-0.39, 0.29) is 11.7 Å². The summed E-state index contributed by atoms with van der Waals surface area (Å²) in [6.45, 7) is 5.95. The van der Waals surface area contributed by atoms with Gasteiger partial charge in [0, 0.05) is 18.7 Å². The van der Waals surface area contributed by atoms with Crippen LogP contribution in [0, 0.1) is 11.7 Å². The Balaban J connectivity index is 1.98. The molecule has 2 rings (SSSR count). The minimum absolute atomic E-state index is 0.0826. The predicted octanol–water partition coefficient (Wildman–Crippen LogP) is 2.34. The molecule has 1 fully saturated rings. The van der Waals surface area contributed by atoms with E-state index in [0.29, 0.717) is 18.7 Å². The molecule has 0 spiro atoms. The lowest BCUT2D eigenvalue weighted by molar-refractivity contribution is -0.0271. The Morgan fingerprint density at radius 3 is 2.75 bits per heavy atom. The van der Waals surface area contributed by atoms with Crippen LogP contribution >= 0.6 is 0 Å². The van der Waals surface area contributed by atoms with Crippen LogP contribution in [0.2, 0.25) is 0 Å². The van der Waals surface area contributed by atoms with Crippen LogP contribution in [0.25, 0.3) is 0 Å². The highest BCUT2D eigenvalue weighted by atomic mass is 19.1. The molecule has 0 aliphatic carbocycles. The van der Waals surface area contributed by atoms with E-state index >= 15 is 0 Å². The smallest absolute Gasteiger partial charge is 0.129 e. The van der Waals surface area contributed by atoms with E-state index in [4.69, 9.17) is 0 Å². The third-order valence-corrected chi connectivity index (χ3v) is 4.06. The molecule has 3 unspecified atom stereocenters. The summed E-state index contributed by atoms with van der Waals surface area (Å²) in [5.74, 6) is -0.446. The van der Waals surface area contributed by atoms with Gasteiger partial charge < -0.3 is 15.1 Å². The number of aliphatic hydroxyl groups excluding tert-OH is 1. The number of β-amino-alcohol motifs (C(OH)–C–C–N with tert-alkyl or cyclic N) is 1. The number of rotatable bonds is 4. The van der Waals surface area contributed by atoms with Gasteiger partial charge >= 0.3 is 0 Å². The second-order valence-corrected chi connectivity index (χ2v) is 6.28. The zero-order valence-electron chi connectivity index (χ0n) is 12.2.